The SMILES string of the molecule is [S-][NH+]1C2=CC=C1C=c1ccc(n1S)=CC1=NC(=CC3=NC(=C2)C=C3)C=C1. The molecule has 5 heterocycles. The van der Waals surface area contributed by atoms with Gasteiger partial charge in [0.05, 0.1) is 33.5 Å². The molecule has 1 atom stereocenters. The van der Waals surface area contributed by atoms with Crippen molar-refractivity contribution in [1.29, 1.82) is 0 Å². The van der Waals surface area contributed by atoms with E-state index >= 15 is 0 Å². The van der Waals surface area contributed by atoms with Crippen LogP contribution in [0.15, 0.2) is 93.5 Å². The fraction of sp³-hybridized carbons (Fsp3) is 0. The zero-order valence-corrected chi connectivity index (χ0v) is 15.3. The van der Waals surface area contributed by atoms with Gasteiger partial charge in [-0.15, -0.1) is 0 Å². The topological polar surface area (TPSA) is 34.1 Å². The first-order valence-electron chi connectivity index (χ1n) is 8.20. The van der Waals surface area contributed by atoms with E-state index in [9.17, 15) is 0 Å². The number of aliphatic imine (C=N–C) groups is 2. The Hall–Kier alpha value is -2.54. The average molecular weight is 374 g/mol. The summed E-state index contributed by atoms with van der Waals surface area (Å²) in [6.07, 6.45) is 20.1. The zero-order chi connectivity index (χ0) is 17.7. The Morgan fingerprint density at radius 3 is 2.08 bits per heavy atom. The van der Waals surface area contributed by atoms with Crippen molar-refractivity contribution >= 4 is 49.2 Å². The molecule has 0 spiro atoms. The Labute approximate surface area is 161 Å². The van der Waals surface area contributed by atoms with E-state index < -0.39 is 0 Å². The maximum Gasteiger partial charge on any atom is 0.120 e. The molecular formula is C20H14N4S2. The summed E-state index contributed by atoms with van der Waals surface area (Å²) >= 11 is 10.3. The second-order valence-corrected chi connectivity index (χ2v) is 7.04. The van der Waals surface area contributed by atoms with Crippen LogP contribution in [0.25, 0.3) is 12.2 Å². The van der Waals surface area contributed by atoms with E-state index in [0.29, 0.717) is 0 Å². The number of quaternary nitrogens is 1. The Bertz CT molecular complexity index is 1200. The lowest BCUT2D eigenvalue weighted by Crippen LogP contribution is -3.02. The van der Waals surface area contributed by atoms with E-state index in [-0.39, 0.29) is 0 Å². The van der Waals surface area contributed by atoms with Crippen LogP contribution in [-0.2, 0) is 12.8 Å². The van der Waals surface area contributed by atoms with Gasteiger partial charge in [-0.25, -0.2) is 9.98 Å². The average Bonchev–Trinajstić information content (AvgIpc) is 3.38. The summed E-state index contributed by atoms with van der Waals surface area (Å²) in [6, 6.07) is 4.06. The van der Waals surface area contributed by atoms with Crippen LogP contribution in [-0.4, -0.2) is 15.4 Å². The highest BCUT2D eigenvalue weighted by molar-refractivity contribution is 7.78. The summed E-state index contributed by atoms with van der Waals surface area (Å²) in [5, 5.41) is 1.94. The second-order valence-electron chi connectivity index (χ2n) is 6.24. The van der Waals surface area contributed by atoms with Crippen LogP contribution >= 0.6 is 12.8 Å². The summed E-state index contributed by atoms with van der Waals surface area (Å²) in [7, 11) is 0. The normalized spacial score (nSPS) is 22.8. The van der Waals surface area contributed by atoms with Crippen LogP contribution in [0.4, 0.5) is 0 Å². The molecule has 1 aromatic heterocycles. The molecule has 4 aliphatic rings. The molecule has 0 amide bonds. The van der Waals surface area contributed by atoms with Crippen molar-refractivity contribution in [3.63, 3.8) is 0 Å². The molecule has 1 unspecified atom stereocenters. The van der Waals surface area contributed by atoms with Crippen molar-refractivity contribution in [2.24, 2.45) is 9.98 Å². The number of thiol groups is 1. The van der Waals surface area contributed by atoms with Crippen molar-refractivity contribution < 1.29 is 4.31 Å². The first kappa shape index (κ1) is 15.7. The lowest BCUT2D eigenvalue weighted by molar-refractivity contribution is -0.646. The first-order chi connectivity index (χ1) is 12.7. The minimum atomic E-state index is 0.825. The minimum Gasteiger partial charge on any atom is -0.483 e. The maximum absolute atomic E-state index is 5.65. The summed E-state index contributed by atoms with van der Waals surface area (Å²) in [5.74, 6) is 0. The molecule has 1 N–H and O–H groups in total. The molecule has 0 aromatic carbocycles. The number of hydrogen-bond acceptors (Lipinski definition) is 4. The molecule has 0 saturated heterocycles. The van der Waals surface area contributed by atoms with E-state index in [2.05, 4.69) is 28.9 Å². The highest BCUT2D eigenvalue weighted by atomic mass is 32.1. The van der Waals surface area contributed by atoms with Gasteiger partial charge in [0.1, 0.15) is 11.4 Å². The van der Waals surface area contributed by atoms with E-state index in [4.69, 9.17) is 12.8 Å². The maximum atomic E-state index is 5.65. The van der Waals surface area contributed by atoms with Gasteiger partial charge in [-0.05, 0) is 48.6 Å². The fourth-order valence-corrected chi connectivity index (χ4v) is 3.64. The van der Waals surface area contributed by atoms with E-state index in [1.54, 1.807) is 0 Å². The van der Waals surface area contributed by atoms with Gasteiger partial charge in [0.25, 0.3) is 0 Å². The van der Waals surface area contributed by atoms with Crippen molar-refractivity contribution in [1.82, 2.24) is 3.97 Å². The van der Waals surface area contributed by atoms with Crippen molar-refractivity contribution in [3.8, 4) is 0 Å². The predicted octanol–water partition coefficient (Wildman–Crippen LogP) is 0.673. The van der Waals surface area contributed by atoms with Crippen LogP contribution in [0.2, 0.25) is 0 Å². The quantitative estimate of drug-likeness (QED) is 0.508. The molecule has 0 saturated carbocycles. The van der Waals surface area contributed by atoms with E-state index in [1.165, 1.54) is 0 Å². The van der Waals surface area contributed by atoms with Crippen molar-refractivity contribution in [3.05, 3.63) is 94.2 Å². The zero-order valence-electron chi connectivity index (χ0n) is 13.6. The van der Waals surface area contributed by atoms with Crippen LogP contribution in [0.1, 0.15) is 0 Å². The Kier molecular flexibility index (Phi) is 3.63. The van der Waals surface area contributed by atoms with Crippen LogP contribution < -0.4 is 15.0 Å². The number of hydrogen-bond donors (Lipinski definition) is 2. The lowest BCUT2D eigenvalue weighted by atomic mass is 10.3. The molecular weight excluding hydrogens is 360 g/mol. The fourth-order valence-electron chi connectivity index (χ4n) is 3.14. The molecule has 4 nitrogen and oxygen atoms in total. The third-order valence-corrected chi connectivity index (χ3v) is 5.38. The monoisotopic (exact) mass is 374 g/mol. The van der Waals surface area contributed by atoms with Gasteiger partial charge < -0.3 is 17.1 Å². The number of aromatic nitrogens is 1. The Morgan fingerprint density at radius 1 is 0.769 bits per heavy atom. The minimum absolute atomic E-state index is 0.825. The second kappa shape index (κ2) is 6.02. The first-order valence-corrected chi connectivity index (χ1v) is 9.01. The third-order valence-electron chi connectivity index (χ3n) is 4.45. The molecule has 1 aromatic rings. The van der Waals surface area contributed by atoms with Crippen LogP contribution in [0.3, 0.4) is 0 Å². The summed E-state index contributed by atoms with van der Waals surface area (Å²) < 4.78 is 2.67. The lowest BCUT2D eigenvalue weighted by Gasteiger charge is -2.20. The molecule has 0 aliphatic carbocycles. The number of nitrogens with one attached hydrogen (secondary N) is 1. The summed E-state index contributed by atoms with van der Waals surface area (Å²) in [5.41, 5.74) is 5.56. The van der Waals surface area contributed by atoms with Gasteiger partial charge in [0, 0.05) is 24.3 Å². The van der Waals surface area contributed by atoms with Gasteiger partial charge in [0.2, 0.25) is 0 Å². The summed E-state index contributed by atoms with van der Waals surface area (Å²) in [6.45, 7) is 0. The Balaban J connectivity index is 1.71. The molecule has 4 aliphatic heterocycles. The van der Waals surface area contributed by atoms with Gasteiger partial charge in [0.15, 0.2) is 0 Å². The summed E-state index contributed by atoms with van der Waals surface area (Å²) in [4.78, 5) is 9.28. The van der Waals surface area contributed by atoms with Gasteiger partial charge in [-0.2, -0.15) is 0 Å². The predicted molar refractivity (Wildman–Crippen MR) is 111 cm³/mol. The van der Waals surface area contributed by atoms with Gasteiger partial charge in [-0.1, -0.05) is 12.8 Å². The smallest absolute Gasteiger partial charge is 0.120 e. The van der Waals surface area contributed by atoms with Gasteiger partial charge >= 0.3 is 0 Å². The van der Waals surface area contributed by atoms with Crippen LogP contribution in [0.5, 0.6) is 0 Å². The van der Waals surface area contributed by atoms with E-state index in [1.807, 2.05) is 70.8 Å². The highest BCUT2D eigenvalue weighted by Gasteiger charge is 2.15. The molecule has 5 rings (SSSR count). The highest BCUT2D eigenvalue weighted by Crippen LogP contribution is 2.16. The number of nitrogens with zero attached hydrogens (tertiary/aromatic N) is 3. The van der Waals surface area contributed by atoms with E-state index in [0.717, 1.165) is 49.2 Å². The molecule has 26 heavy (non-hydrogen) atoms. The molecule has 0 radical (unpaired) electrons. The molecule has 126 valence electrons. The van der Waals surface area contributed by atoms with Crippen molar-refractivity contribution in [2.45, 2.75) is 0 Å². The van der Waals surface area contributed by atoms with Gasteiger partial charge in [-0.3, -0.25) is 3.97 Å². The molecule has 6 heteroatoms. The molecule has 0 fully saturated rings. The van der Waals surface area contributed by atoms with Crippen LogP contribution in [0, 0.1) is 0 Å². The number of fused-ring (bicyclic) bond motifs is 6. The number of allylic oxidation sites excluding steroid dienone is 9. The molecule has 8 bridgehead atoms. The largest absolute Gasteiger partial charge is 0.483 e. The third kappa shape index (κ3) is 2.72. The number of rotatable bonds is 0. The van der Waals surface area contributed by atoms with Crippen molar-refractivity contribution in [2.75, 3.05) is 0 Å². The Morgan fingerprint density at radius 2 is 1.35 bits per heavy atom. The standard InChI is InChI=1S/C20H14N4S2/c25-23-17-5-7-19(23)12-20-8-6-18(24(20)26)11-16-4-2-14(22-16)9-13-1-3-15(10-17)21-13/h1-12,23,26H.